The number of hydrogen-bond donors (Lipinski definition) is 0. The van der Waals surface area contributed by atoms with E-state index in [2.05, 4.69) is 23.7 Å². The Morgan fingerprint density at radius 1 is 1.60 bits per heavy atom. The number of amidine groups is 1. The molecule has 2 aliphatic heterocycles. The van der Waals surface area contributed by atoms with Crippen molar-refractivity contribution in [2.45, 2.75) is 19.4 Å². The van der Waals surface area contributed by atoms with Gasteiger partial charge in [0.25, 0.3) is 6.02 Å². The lowest BCUT2D eigenvalue weighted by Crippen LogP contribution is -2.17. The first-order valence-electron chi connectivity index (χ1n) is 3.65. The highest BCUT2D eigenvalue weighted by Gasteiger charge is 2.46. The summed E-state index contributed by atoms with van der Waals surface area (Å²) in [6.07, 6.45) is 0. The predicted octanol–water partition coefficient (Wildman–Crippen LogP) is 0.467. The van der Waals surface area contributed by atoms with Crippen LogP contribution in [0.25, 0.3) is 0 Å². The molecule has 3 heteroatoms. The highest BCUT2D eigenvalue weighted by molar-refractivity contribution is 5.78. The first-order valence-corrected chi connectivity index (χ1v) is 3.65. The molecule has 0 aromatic carbocycles. The molecule has 0 saturated carbocycles. The molecule has 0 N–H and O–H groups in total. The number of nitrogens with zero attached hydrogens (tertiary/aromatic N) is 2. The van der Waals surface area contributed by atoms with E-state index >= 15 is 0 Å². The van der Waals surface area contributed by atoms with Gasteiger partial charge < -0.3 is 9.64 Å². The van der Waals surface area contributed by atoms with E-state index in [4.69, 9.17) is 4.74 Å². The van der Waals surface area contributed by atoms with Gasteiger partial charge in [-0.05, 0) is 13.8 Å². The van der Waals surface area contributed by atoms with Gasteiger partial charge in [-0.1, -0.05) is 0 Å². The maximum atomic E-state index is 5.29. The van der Waals surface area contributed by atoms with Crippen LogP contribution in [0, 0.1) is 0 Å². The zero-order chi connectivity index (χ0) is 7.19. The van der Waals surface area contributed by atoms with Crippen molar-refractivity contribution in [2.24, 2.45) is 4.99 Å². The molecule has 0 aliphatic carbocycles. The first-order chi connectivity index (χ1) is 4.70. The summed E-state index contributed by atoms with van der Waals surface area (Å²) in [5.74, 6) is 0. The molecule has 0 unspecified atom stereocenters. The molecule has 3 nitrogen and oxygen atoms in total. The molecule has 0 spiro atoms. The first kappa shape index (κ1) is 6.01. The molecule has 0 amide bonds. The maximum Gasteiger partial charge on any atom is 0.288 e. The normalized spacial score (nSPS) is 27.8. The van der Waals surface area contributed by atoms with Gasteiger partial charge in [-0.2, -0.15) is 0 Å². The fraction of sp³-hybridized carbons (Fsp3) is 0.857. The number of hydrogen-bond acceptors (Lipinski definition) is 3. The van der Waals surface area contributed by atoms with Crippen LogP contribution in [-0.2, 0) is 4.74 Å². The van der Waals surface area contributed by atoms with E-state index in [-0.39, 0.29) is 0 Å². The zero-order valence-corrected chi connectivity index (χ0v) is 6.42. The molecule has 10 heavy (non-hydrogen) atoms. The lowest BCUT2D eigenvalue weighted by molar-refractivity contribution is 0.307. The Bertz CT molecular complexity index is 186. The van der Waals surface area contributed by atoms with Crippen LogP contribution in [0.4, 0.5) is 0 Å². The second-order valence-corrected chi connectivity index (χ2v) is 3.41. The van der Waals surface area contributed by atoms with E-state index in [1.54, 1.807) is 0 Å². The fourth-order valence-electron chi connectivity index (χ4n) is 1.17. The highest BCUT2D eigenvalue weighted by Crippen LogP contribution is 2.32. The number of aliphatic imine (C=N–C) groups is 1. The van der Waals surface area contributed by atoms with E-state index in [0.717, 1.165) is 25.7 Å². The largest absolute Gasteiger partial charge is 0.463 e. The van der Waals surface area contributed by atoms with Gasteiger partial charge in [-0.15, -0.1) is 0 Å². The third-order valence-corrected chi connectivity index (χ3v) is 1.97. The van der Waals surface area contributed by atoms with Gasteiger partial charge in [-0.25, -0.2) is 4.99 Å². The molecule has 1 saturated heterocycles. The van der Waals surface area contributed by atoms with Gasteiger partial charge in [0, 0.05) is 6.54 Å². The quantitative estimate of drug-likeness (QED) is 0.457. The summed E-state index contributed by atoms with van der Waals surface area (Å²) in [5.41, 5.74) is 0.309. The van der Waals surface area contributed by atoms with E-state index in [1.165, 1.54) is 0 Å². The zero-order valence-electron chi connectivity index (χ0n) is 6.42. The van der Waals surface area contributed by atoms with E-state index < -0.39 is 0 Å². The lowest BCUT2D eigenvalue weighted by Gasteiger charge is -2.06. The summed E-state index contributed by atoms with van der Waals surface area (Å²) < 4.78 is 5.29. The Balaban J connectivity index is 2.03. The van der Waals surface area contributed by atoms with Gasteiger partial charge in [0.05, 0.1) is 12.1 Å². The fourth-order valence-corrected chi connectivity index (χ4v) is 1.17. The third kappa shape index (κ3) is 0.770. The molecule has 1 fully saturated rings. The molecular formula is C7H12N2O. The molecule has 0 atom stereocenters. The number of ether oxygens (including phenoxy) is 1. The molecule has 0 radical (unpaired) electrons. The molecule has 0 aromatic rings. The third-order valence-electron chi connectivity index (χ3n) is 1.97. The van der Waals surface area contributed by atoms with Crippen molar-refractivity contribution in [1.29, 1.82) is 0 Å². The van der Waals surface area contributed by atoms with Gasteiger partial charge in [0.15, 0.2) is 0 Å². The summed E-state index contributed by atoms with van der Waals surface area (Å²) in [4.78, 5) is 6.39. The molecule has 2 aliphatic rings. The maximum absolute atomic E-state index is 5.29. The van der Waals surface area contributed by atoms with E-state index in [0.29, 0.717) is 5.54 Å². The van der Waals surface area contributed by atoms with Crippen molar-refractivity contribution < 1.29 is 4.74 Å². The molecule has 0 bridgehead atoms. The van der Waals surface area contributed by atoms with Crippen LogP contribution in [-0.4, -0.2) is 36.2 Å². The molecule has 0 aromatic heterocycles. The average Bonchev–Trinajstić information content (AvgIpc) is 2.31. The summed E-state index contributed by atoms with van der Waals surface area (Å²) in [6, 6.07) is 0.852. The van der Waals surface area contributed by atoms with E-state index in [1.807, 2.05) is 0 Å². The van der Waals surface area contributed by atoms with Crippen molar-refractivity contribution in [1.82, 2.24) is 4.90 Å². The van der Waals surface area contributed by atoms with Crippen LogP contribution in [0.5, 0.6) is 0 Å². The lowest BCUT2D eigenvalue weighted by atomic mass is 10.2. The summed E-state index contributed by atoms with van der Waals surface area (Å²) in [5, 5.41) is 0. The van der Waals surface area contributed by atoms with Crippen molar-refractivity contribution >= 4 is 6.02 Å². The highest BCUT2D eigenvalue weighted by atomic mass is 16.5. The minimum absolute atomic E-state index is 0.309. The van der Waals surface area contributed by atoms with Crippen LogP contribution in [0.2, 0.25) is 0 Å². The monoisotopic (exact) mass is 140 g/mol. The molecule has 56 valence electrons. The molecular weight excluding hydrogens is 128 g/mol. The summed E-state index contributed by atoms with van der Waals surface area (Å²) in [6.45, 7) is 7.07. The SMILES string of the molecule is CC1(C)CN1C1=NCCO1. The van der Waals surface area contributed by atoms with Gasteiger partial charge in [0.1, 0.15) is 6.61 Å². The van der Waals surface area contributed by atoms with Crippen LogP contribution >= 0.6 is 0 Å². The van der Waals surface area contributed by atoms with Crippen LogP contribution in [0.1, 0.15) is 13.8 Å². The number of rotatable bonds is 0. The van der Waals surface area contributed by atoms with Crippen molar-refractivity contribution in [3.8, 4) is 0 Å². The average molecular weight is 140 g/mol. The van der Waals surface area contributed by atoms with Gasteiger partial charge >= 0.3 is 0 Å². The van der Waals surface area contributed by atoms with Crippen LogP contribution in [0.3, 0.4) is 0 Å². The minimum Gasteiger partial charge on any atom is -0.463 e. The predicted molar refractivity (Wildman–Crippen MR) is 39.0 cm³/mol. The minimum atomic E-state index is 0.309. The topological polar surface area (TPSA) is 24.6 Å². The Kier molecular flexibility index (Phi) is 0.993. The van der Waals surface area contributed by atoms with Gasteiger partial charge in [-0.3, -0.25) is 0 Å². The Morgan fingerprint density at radius 2 is 2.30 bits per heavy atom. The Morgan fingerprint density at radius 3 is 2.70 bits per heavy atom. The standard InChI is InChI=1S/C7H12N2O/c1-7(2)5-9(7)6-8-3-4-10-6/h3-5H2,1-2H3. The summed E-state index contributed by atoms with van der Waals surface area (Å²) in [7, 11) is 0. The van der Waals surface area contributed by atoms with Crippen molar-refractivity contribution in [3.05, 3.63) is 0 Å². The summed E-state index contributed by atoms with van der Waals surface area (Å²) >= 11 is 0. The molecule has 2 heterocycles. The van der Waals surface area contributed by atoms with Crippen molar-refractivity contribution in [3.63, 3.8) is 0 Å². The second kappa shape index (κ2) is 1.65. The smallest absolute Gasteiger partial charge is 0.288 e. The van der Waals surface area contributed by atoms with Crippen LogP contribution in [0.15, 0.2) is 4.99 Å². The van der Waals surface area contributed by atoms with Gasteiger partial charge in [0.2, 0.25) is 0 Å². The van der Waals surface area contributed by atoms with Crippen LogP contribution < -0.4 is 0 Å². The Labute approximate surface area is 60.7 Å². The van der Waals surface area contributed by atoms with Crippen molar-refractivity contribution in [2.75, 3.05) is 19.7 Å². The van der Waals surface area contributed by atoms with E-state index in [9.17, 15) is 0 Å². The second-order valence-electron chi connectivity index (χ2n) is 3.41. The Hall–Kier alpha value is -0.730. The molecule has 2 rings (SSSR count).